The maximum Gasteiger partial charge on any atom is 0.261 e. The van der Waals surface area contributed by atoms with Crippen LogP contribution in [0.3, 0.4) is 0 Å². The average Bonchev–Trinajstić information content (AvgIpc) is 3.05. The van der Waals surface area contributed by atoms with Gasteiger partial charge < -0.3 is 14.4 Å². The van der Waals surface area contributed by atoms with Gasteiger partial charge in [0.15, 0.2) is 0 Å². The van der Waals surface area contributed by atoms with Gasteiger partial charge in [-0.1, -0.05) is 18.9 Å². The van der Waals surface area contributed by atoms with Gasteiger partial charge in [-0.25, -0.2) is 0 Å². The van der Waals surface area contributed by atoms with E-state index in [0.29, 0.717) is 17.1 Å². The molecule has 132 valence electrons. The second-order valence-corrected chi connectivity index (χ2v) is 6.66. The molecule has 1 aromatic carbocycles. The summed E-state index contributed by atoms with van der Waals surface area (Å²) in [7, 11) is 3.19. The molecule has 2 aliphatic rings. The molecule has 1 saturated heterocycles. The minimum absolute atomic E-state index is 0.0116. The Kier molecular flexibility index (Phi) is 5.61. The molecule has 1 saturated carbocycles. The highest BCUT2D eigenvalue weighted by atomic mass is 16.5. The van der Waals surface area contributed by atoms with E-state index in [1.807, 2.05) is 23.1 Å². The summed E-state index contributed by atoms with van der Waals surface area (Å²) in [5, 5.41) is 0. The van der Waals surface area contributed by atoms with Crippen molar-refractivity contribution in [1.29, 1.82) is 0 Å². The Bertz CT molecular complexity index is 547. The minimum atomic E-state index is 0.0116. The van der Waals surface area contributed by atoms with Gasteiger partial charge in [0.2, 0.25) is 0 Å². The Balaban J connectivity index is 1.73. The molecule has 1 heterocycles. The molecule has 3 rings (SSSR count). The van der Waals surface area contributed by atoms with Gasteiger partial charge in [-0.05, 0) is 31.4 Å². The van der Waals surface area contributed by atoms with E-state index in [-0.39, 0.29) is 5.91 Å². The fraction of sp³-hybridized carbons (Fsp3) is 0.632. The summed E-state index contributed by atoms with van der Waals surface area (Å²) >= 11 is 0. The first-order valence-electron chi connectivity index (χ1n) is 8.99. The van der Waals surface area contributed by atoms with Crippen molar-refractivity contribution in [3.63, 3.8) is 0 Å². The second kappa shape index (κ2) is 7.88. The van der Waals surface area contributed by atoms with Crippen LogP contribution in [0.15, 0.2) is 18.2 Å². The third kappa shape index (κ3) is 3.51. The second-order valence-electron chi connectivity index (χ2n) is 6.66. The largest absolute Gasteiger partial charge is 0.496 e. The Hall–Kier alpha value is -1.75. The molecule has 1 aromatic rings. The van der Waals surface area contributed by atoms with Crippen LogP contribution in [-0.2, 0) is 0 Å². The summed E-state index contributed by atoms with van der Waals surface area (Å²) in [6, 6.07) is 6.20. The molecule has 0 spiro atoms. The van der Waals surface area contributed by atoms with E-state index < -0.39 is 0 Å². The van der Waals surface area contributed by atoms with E-state index in [4.69, 9.17) is 9.47 Å². The number of hydrogen-bond acceptors (Lipinski definition) is 4. The van der Waals surface area contributed by atoms with E-state index in [1.54, 1.807) is 14.2 Å². The molecule has 2 fully saturated rings. The Labute approximate surface area is 144 Å². The standard InChI is InChI=1S/C19H28N2O3/c1-23-16-9-5-10-17(24-2)18(16)19(22)21-12-6-11-20(13-14-21)15-7-3-4-8-15/h5,9-10,15H,3-4,6-8,11-14H2,1-2H3. The van der Waals surface area contributed by atoms with Gasteiger partial charge in [0, 0.05) is 32.2 Å². The summed E-state index contributed by atoms with van der Waals surface area (Å²) in [6.07, 6.45) is 6.35. The zero-order valence-corrected chi connectivity index (χ0v) is 14.8. The molecule has 1 aliphatic heterocycles. The fourth-order valence-electron chi connectivity index (χ4n) is 4.00. The quantitative estimate of drug-likeness (QED) is 0.850. The molecule has 0 unspecified atom stereocenters. The average molecular weight is 332 g/mol. The van der Waals surface area contributed by atoms with E-state index in [1.165, 1.54) is 25.7 Å². The lowest BCUT2D eigenvalue weighted by Crippen LogP contribution is -2.38. The number of carbonyl (C=O) groups excluding carboxylic acids is 1. The van der Waals surface area contributed by atoms with Crippen LogP contribution in [0.2, 0.25) is 0 Å². The van der Waals surface area contributed by atoms with Crippen molar-refractivity contribution >= 4 is 5.91 Å². The van der Waals surface area contributed by atoms with Crippen molar-refractivity contribution in [2.75, 3.05) is 40.4 Å². The summed E-state index contributed by atoms with van der Waals surface area (Å²) in [5.74, 6) is 1.17. The van der Waals surface area contributed by atoms with Crippen molar-refractivity contribution in [3.8, 4) is 11.5 Å². The number of methoxy groups -OCH3 is 2. The fourth-order valence-corrected chi connectivity index (χ4v) is 4.00. The predicted molar refractivity (Wildman–Crippen MR) is 93.9 cm³/mol. The number of amides is 1. The van der Waals surface area contributed by atoms with E-state index in [2.05, 4.69) is 4.90 Å². The summed E-state index contributed by atoms with van der Waals surface area (Å²) in [4.78, 5) is 17.6. The smallest absolute Gasteiger partial charge is 0.261 e. The van der Waals surface area contributed by atoms with Crippen LogP contribution in [-0.4, -0.2) is 62.1 Å². The Morgan fingerprint density at radius 1 is 0.958 bits per heavy atom. The maximum absolute atomic E-state index is 13.1. The molecule has 0 aromatic heterocycles. The number of carbonyl (C=O) groups is 1. The van der Waals surface area contributed by atoms with E-state index in [0.717, 1.165) is 38.6 Å². The van der Waals surface area contributed by atoms with Crippen molar-refractivity contribution in [2.24, 2.45) is 0 Å². The molecule has 0 radical (unpaired) electrons. The first kappa shape index (κ1) is 17.1. The SMILES string of the molecule is COc1cccc(OC)c1C(=O)N1CCCN(C2CCCC2)CC1. The molecular weight excluding hydrogens is 304 g/mol. The minimum Gasteiger partial charge on any atom is -0.496 e. The Morgan fingerprint density at radius 2 is 1.62 bits per heavy atom. The predicted octanol–water partition coefficient (Wildman–Crippen LogP) is 2.79. The van der Waals surface area contributed by atoms with E-state index in [9.17, 15) is 4.79 Å². The first-order valence-corrected chi connectivity index (χ1v) is 8.99. The topological polar surface area (TPSA) is 42.0 Å². The van der Waals surface area contributed by atoms with Crippen molar-refractivity contribution < 1.29 is 14.3 Å². The number of benzene rings is 1. The van der Waals surface area contributed by atoms with Gasteiger partial charge >= 0.3 is 0 Å². The van der Waals surface area contributed by atoms with Crippen LogP contribution in [0.5, 0.6) is 11.5 Å². The van der Waals surface area contributed by atoms with E-state index >= 15 is 0 Å². The van der Waals surface area contributed by atoms with Gasteiger partial charge in [0.25, 0.3) is 5.91 Å². The lowest BCUT2D eigenvalue weighted by Gasteiger charge is -2.27. The van der Waals surface area contributed by atoms with Gasteiger partial charge in [-0.15, -0.1) is 0 Å². The van der Waals surface area contributed by atoms with Crippen LogP contribution in [0, 0.1) is 0 Å². The monoisotopic (exact) mass is 332 g/mol. The van der Waals surface area contributed by atoms with Gasteiger partial charge in [0.1, 0.15) is 17.1 Å². The summed E-state index contributed by atoms with van der Waals surface area (Å²) in [6.45, 7) is 3.63. The molecule has 0 N–H and O–H groups in total. The Morgan fingerprint density at radius 3 is 2.25 bits per heavy atom. The first-order chi connectivity index (χ1) is 11.7. The summed E-state index contributed by atoms with van der Waals surface area (Å²) < 4.78 is 10.8. The molecule has 24 heavy (non-hydrogen) atoms. The maximum atomic E-state index is 13.1. The zero-order chi connectivity index (χ0) is 16.9. The molecule has 1 aliphatic carbocycles. The van der Waals surface area contributed by atoms with Crippen molar-refractivity contribution in [1.82, 2.24) is 9.80 Å². The van der Waals surface area contributed by atoms with Crippen LogP contribution in [0.4, 0.5) is 0 Å². The molecule has 0 bridgehead atoms. The highest BCUT2D eigenvalue weighted by molar-refractivity contribution is 5.99. The highest BCUT2D eigenvalue weighted by Gasteiger charge is 2.28. The normalized spacial score (nSPS) is 20.0. The van der Waals surface area contributed by atoms with Gasteiger partial charge in [0.05, 0.1) is 14.2 Å². The van der Waals surface area contributed by atoms with Crippen LogP contribution in [0.1, 0.15) is 42.5 Å². The molecule has 5 heteroatoms. The molecule has 0 atom stereocenters. The molecule has 5 nitrogen and oxygen atoms in total. The lowest BCUT2D eigenvalue weighted by molar-refractivity contribution is 0.0751. The number of nitrogens with zero attached hydrogens (tertiary/aromatic N) is 2. The van der Waals surface area contributed by atoms with Crippen molar-refractivity contribution in [3.05, 3.63) is 23.8 Å². The van der Waals surface area contributed by atoms with Gasteiger partial charge in [-0.3, -0.25) is 9.69 Å². The van der Waals surface area contributed by atoms with Crippen LogP contribution >= 0.6 is 0 Å². The zero-order valence-electron chi connectivity index (χ0n) is 14.8. The third-order valence-corrected chi connectivity index (χ3v) is 5.30. The number of rotatable bonds is 4. The van der Waals surface area contributed by atoms with Crippen LogP contribution in [0.25, 0.3) is 0 Å². The lowest BCUT2D eigenvalue weighted by atomic mass is 10.1. The third-order valence-electron chi connectivity index (χ3n) is 5.30. The highest BCUT2D eigenvalue weighted by Crippen LogP contribution is 2.30. The number of ether oxygens (including phenoxy) is 2. The van der Waals surface area contributed by atoms with Crippen LogP contribution < -0.4 is 9.47 Å². The summed E-state index contributed by atoms with van der Waals surface area (Å²) in [5.41, 5.74) is 0.539. The van der Waals surface area contributed by atoms with Crippen molar-refractivity contribution in [2.45, 2.75) is 38.1 Å². The van der Waals surface area contributed by atoms with Gasteiger partial charge in [-0.2, -0.15) is 0 Å². The molecular formula is C19H28N2O3. The molecule has 1 amide bonds. The number of hydrogen-bond donors (Lipinski definition) is 0.